The van der Waals surface area contributed by atoms with Gasteiger partial charge in [0.05, 0.1) is 22.3 Å². The van der Waals surface area contributed by atoms with Crippen molar-refractivity contribution in [2.75, 3.05) is 11.3 Å². The molecular formula is C20H21ClN4O3S. The number of sulfonamides is 1. The number of halogens is 1. The second-order valence-corrected chi connectivity index (χ2v) is 8.60. The third-order valence-electron chi connectivity index (χ3n) is 4.38. The highest BCUT2D eigenvalue weighted by Crippen LogP contribution is 2.21. The van der Waals surface area contributed by atoms with Crippen LogP contribution in [0.3, 0.4) is 0 Å². The van der Waals surface area contributed by atoms with E-state index in [0.29, 0.717) is 11.6 Å². The number of aromatic nitrogens is 2. The molecule has 2 aromatic carbocycles. The van der Waals surface area contributed by atoms with Gasteiger partial charge in [0.2, 0.25) is 0 Å². The Labute approximate surface area is 174 Å². The summed E-state index contributed by atoms with van der Waals surface area (Å²) in [5.41, 5.74) is 2.59. The Morgan fingerprint density at radius 2 is 1.86 bits per heavy atom. The maximum atomic E-state index is 12.6. The highest BCUT2D eigenvalue weighted by molar-refractivity contribution is 7.92. The highest BCUT2D eigenvalue weighted by Gasteiger charge is 2.18. The Morgan fingerprint density at radius 1 is 1.14 bits per heavy atom. The Bertz CT molecular complexity index is 1090. The molecule has 0 atom stereocenters. The van der Waals surface area contributed by atoms with Crippen LogP contribution in [-0.4, -0.2) is 31.1 Å². The minimum Gasteiger partial charge on any atom is -0.352 e. The van der Waals surface area contributed by atoms with E-state index in [1.54, 1.807) is 30.5 Å². The van der Waals surface area contributed by atoms with Gasteiger partial charge in [0, 0.05) is 17.3 Å². The number of aromatic amines is 1. The summed E-state index contributed by atoms with van der Waals surface area (Å²) in [4.78, 5) is 12.6. The van der Waals surface area contributed by atoms with Crippen LogP contribution in [0.4, 0.5) is 5.69 Å². The molecular weight excluding hydrogens is 412 g/mol. The molecule has 0 fully saturated rings. The quantitative estimate of drug-likeness (QED) is 0.473. The first kappa shape index (κ1) is 20.9. The number of anilines is 1. The number of para-hydroxylation sites is 1. The number of nitrogens with zero attached hydrogens (tertiary/aromatic N) is 1. The summed E-state index contributed by atoms with van der Waals surface area (Å²) in [7, 11) is -3.84. The molecule has 3 aromatic rings. The summed E-state index contributed by atoms with van der Waals surface area (Å²) in [6, 6.07) is 12.3. The number of hydrogen-bond donors (Lipinski definition) is 3. The van der Waals surface area contributed by atoms with Gasteiger partial charge in [-0.05, 0) is 61.7 Å². The molecule has 3 N–H and O–H groups in total. The molecule has 0 aliphatic rings. The van der Waals surface area contributed by atoms with Crippen molar-refractivity contribution in [2.45, 2.75) is 24.7 Å². The lowest BCUT2D eigenvalue weighted by Gasteiger charge is -2.13. The lowest BCUT2D eigenvalue weighted by atomic mass is 10.1. The van der Waals surface area contributed by atoms with Crippen LogP contribution >= 0.6 is 11.6 Å². The van der Waals surface area contributed by atoms with Crippen molar-refractivity contribution >= 4 is 33.2 Å². The fourth-order valence-electron chi connectivity index (χ4n) is 2.79. The zero-order valence-corrected chi connectivity index (χ0v) is 17.3. The number of hydrogen-bond acceptors (Lipinski definition) is 4. The molecule has 0 saturated heterocycles. The highest BCUT2D eigenvalue weighted by atomic mass is 35.5. The SMILES string of the molecule is Cc1[nH]ncc1CCCNC(=O)c1ccccc1NS(=O)(=O)c1ccc(Cl)cc1. The summed E-state index contributed by atoms with van der Waals surface area (Å²) in [6.45, 7) is 2.41. The minimum atomic E-state index is -3.84. The number of carbonyl (C=O) groups is 1. The van der Waals surface area contributed by atoms with Crippen LogP contribution in [0.25, 0.3) is 0 Å². The van der Waals surface area contributed by atoms with E-state index < -0.39 is 10.0 Å². The van der Waals surface area contributed by atoms with E-state index in [1.165, 1.54) is 24.3 Å². The van der Waals surface area contributed by atoms with Crippen LogP contribution < -0.4 is 10.0 Å². The van der Waals surface area contributed by atoms with E-state index in [0.717, 1.165) is 24.1 Å². The van der Waals surface area contributed by atoms with Crippen LogP contribution in [-0.2, 0) is 16.4 Å². The van der Waals surface area contributed by atoms with Gasteiger partial charge in [-0.2, -0.15) is 5.10 Å². The summed E-state index contributed by atoms with van der Waals surface area (Å²) < 4.78 is 27.7. The topological polar surface area (TPSA) is 104 Å². The Morgan fingerprint density at radius 3 is 2.55 bits per heavy atom. The van der Waals surface area contributed by atoms with Crippen molar-refractivity contribution in [3.05, 3.63) is 76.6 Å². The van der Waals surface area contributed by atoms with Crippen molar-refractivity contribution in [3.8, 4) is 0 Å². The summed E-state index contributed by atoms with van der Waals surface area (Å²) in [5.74, 6) is -0.344. The van der Waals surface area contributed by atoms with Crippen LogP contribution in [0.1, 0.15) is 28.0 Å². The normalized spacial score (nSPS) is 11.2. The molecule has 0 spiro atoms. The first-order valence-electron chi connectivity index (χ1n) is 9.01. The molecule has 29 heavy (non-hydrogen) atoms. The lowest BCUT2D eigenvalue weighted by molar-refractivity contribution is 0.0954. The van der Waals surface area contributed by atoms with Gasteiger partial charge in [0.25, 0.3) is 15.9 Å². The van der Waals surface area contributed by atoms with Gasteiger partial charge < -0.3 is 5.32 Å². The van der Waals surface area contributed by atoms with Crippen molar-refractivity contribution in [1.82, 2.24) is 15.5 Å². The maximum Gasteiger partial charge on any atom is 0.261 e. The Kier molecular flexibility index (Phi) is 6.56. The number of nitrogens with one attached hydrogen (secondary N) is 3. The summed E-state index contributed by atoms with van der Waals surface area (Å²) in [5, 5.41) is 10.1. The average molecular weight is 433 g/mol. The molecule has 9 heteroatoms. The van der Waals surface area contributed by atoms with Crippen LogP contribution in [0, 0.1) is 6.92 Å². The zero-order valence-electron chi connectivity index (χ0n) is 15.8. The van der Waals surface area contributed by atoms with Gasteiger partial charge >= 0.3 is 0 Å². The largest absolute Gasteiger partial charge is 0.352 e. The third-order valence-corrected chi connectivity index (χ3v) is 6.02. The number of carbonyl (C=O) groups excluding carboxylic acids is 1. The molecule has 1 aromatic heterocycles. The van der Waals surface area contributed by atoms with E-state index in [1.807, 2.05) is 6.92 Å². The minimum absolute atomic E-state index is 0.0626. The maximum absolute atomic E-state index is 12.6. The van der Waals surface area contributed by atoms with Crippen molar-refractivity contribution < 1.29 is 13.2 Å². The zero-order chi connectivity index (χ0) is 20.9. The molecule has 1 heterocycles. The molecule has 7 nitrogen and oxygen atoms in total. The smallest absolute Gasteiger partial charge is 0.261 e. The van der Waals surface area contributed by atoms with E-state index in [2.05, 4.69) is 20.2 Å². The number of benzene rings is 2. The fourth-order valence-corrected chi connectivity index (χ4v) is 4.00. The second-order valence-electron chi connectivity index (χ2n) is 6.48. The lowest BCUT2D eigenvalue weighted by Crippen LogP contribution is -2.26. The molecule has 0 aliphatic carbocycles. The predicted octanol–water partition coefficient (Wildman–Crippen LogP) is 3.53. The molecule has 0 saturated carbocycles. The monoisotopic (exact) mass is 432 g/mol. The molecule has 0 aliphatic heterocycles. The van der Waals surface area contributed by atoms with Gasteiger partial charge in [0.1, 0.15) is 0 Å². The number of H-pyrrole nitrogens is 1. The van der Waals surface area contributed by atoms with Gasteiger partial charge in [-0.25, -0.2) is 8.42 Å². The van der Waals surface area contributed by atoms with Gasteiger partial charge in [-0.1, -0.05) is 23.7 Å². The van der Waals surface area contributed by atoms with E-state index in [-0.39, 0.29) is 22.1 Å². The van der Waals surface area contributed by atoms with Crippen LogP contribution in [0.2, 0.25) is 5.02 Å². The number of aryl methyl sites for hydroxylation is 2. The first-order chi connectivity index (χ1) is 13.9. The fraction of sp³-hybridized carbons (Fsp3) is 0.200. The van der Waals surface area contributed by atoms with Crippen molar-refractivity contribution in [1.29, 1.82) is 0 Å². The first-order valence-corrected chi connectivity index (χ1v) is 10.9. The number of amides is 1. The van der Waals surface area contributed by atoms with Crippen LogP contribution in [0.5, 0.6) is 0 Å². The van der Waals surface area contributed by atoms with Crippen molar-refractivity contribution in [2.24, 2.45) is 0 Å². The standard InChI is InChI=1S/C20H21ClN4O3S/c1-14-15(13-23-24-14)5-4-12-22-20(26)18-6-2-3-7-19(18)25-29(27,28)17-10-8-16(21)9-11-17/h2-3,6-11,13,25H,4-5,12H2,1H3,(H,22,26)(H,23,24). The van der Waals surface area contributed by atoms with E-state index in [9.17, 15) is 13.2 Å². The van der Waals surface area contributed by atoms with E-state index >= 15 is 0 Å². The van der Waals surface area contributed by atoms with Gasteiger partial charge in [-0.15, -0.1) is 0 Å². The Balaban J connectivity index is 1.65. The molecule has 152 valence electrons. The van der Waals surface area contributed by atoms with Gasteiger partial charge in [0.15, 0.2) is 0 Å². The number of rotatable bonds is 8. The molecule has 0 bridgehead atoms. The predicted molar refractivity (Wildman–Crippen MR) is 113 cm³/mol. The van der Waals surface area contributed by atoms with E-state index in [4.69, 9.17) is 11.6 Å². The summed E-state index contributed by atoms with van der Waals surface area (Å²) in [6.07, 6.45) is 3.30. The second kappa shape index (κ2) is 9.11. The molecule has 0 radical (unpaired) electrons. The summed E-state index contributed by atoms with van der Waals surface area (Å²) >= 11 is 5.82. The Hall–Kier alpha value is -2.84. The third kappa shape index (κ3) is 5.36. The van der Waals surface area contributed by atoms with Crippen molar-refractivity contribution in [3.63, 3.8) is 0 Å². The molecule has 1 amide bonds. The molecule has 3 rings (SSSR count). The van der Waals surface area contributed by atoms with Crippen LogP contribution in [0.15, 0.2) is 59.6 Å². The van der Waals surface area contributed by atoms with Gasteiger partial charge in [-0.3, -0.25) is 14.6 Å². The average Bonchev–Trinajstić information content (AvgIpc) is 3.10. The molecule has 0 unspecified atom stereocenters.